The average Bonchev–Trinajstić information content (AvgIpc) is 2.69. The van der Waals surface area contributed by atoms with Crippen LogP contribution in [0.1, 0.15) is 31.9 Å². The number of sulfonamides is 1. The van der Waals surface area contributed by atoms with Gasteiger partial charge >= 0.3 is 0 Å². The predicted molar refractivity (Wildman–Crippen MR) is 73.0 cm³/mol. The fourth-order valence-electron chi connectivity index (χ4n) is 2.32. The van der Waals surface area contributed by atoms with Gasteiger partial charge in [-0.15, -0.1) is 0 Å². The molecule has 0 aliphatic carbocycles. The van der Waals surface area contributed by atoms with Gasteiger partial charge in [-0.25, -0.2) is 13.4 Å². The molecule has 5 nitrogen and oxygen atoms in total. The Kier molecular flexibility index (Phi) is 3.93. The van der Waals surface area contributed by atoms with Crippen LogP contribution in [0.25, 0.3) is 0 Å². The summed E-state index contributed by atoms with van der Waals surface area (Å²) in [7, 11) is -3.39. The van der Waals surface area contributed by atoms with Crippen LogP contribution in [0.5, 0.6) is 0 Å². The van der Waals surface area contributed by atoms with E-state index in [4.69, 9.17) is 5.73 Å². The van der Waals surface area contributed by atoms with Gasteiger partial charge in [0.1, 0.15) is 0 Å². The number of hydrogen-bond acceptors (Lipinski definition) is 5. The molecule has 18 heavy (non-hydrogen) atoms. The first-order valence-corrected chi connectivity index (χ1v) is 8.44. The Morgan fingerprint density at radius 2 is 2.06 bits per heavy atom. The molecule has 0 spiro atoms. The van der Waals surface area contributed by atoms with Crippen molar-refractivity contribution >= 4 is 26.5 Å². The van der Waals surface area contributed by atoms with E-state index < -0.39 is 10.0 Å². The number of aryl methyl sites for hydroxylation is 1. The fraction of sp³-hybridized carbons (Fsp3) is 0.727. The molecule has 0 amide bonds. The number of nitrogen functional groups attached to an aromatic ring is 1. The number of nitrogens with two attached hydrogens (primary N) is 1. The average molecular weight is 289 g/mol. The van der Waals surface area contributed by atoms with Gasteiger partial charge in [-0.1, -0.05) is 24.7 Å². The van der Waals surface area contributed by atoms with Crippen molar-refractivity contribution in [3.63, 3.8) is 0 Å². The van der Waals surface area contributed by atoms with Gasteiger partial charge in [-0.3, -0.25) is 0 Å². The molecular weight excluding hydrogens is 270 g/mol. The normalized spacial score (nSPS) is 19.2. The number of piperidine rings is 1. The second-order valence-corrected chi connectivity index (χ2v) is 7.84. The predicted octanol–water partition coefficient (Wildman–Crippen LogP) is 1.84. The molecular formula is C11H19N3O2S2. The summed E-state index contributed by atoms with van der Waals surface area (Å²) >= 11 is 1.06. The van der Waals surface area contributed by atoms with E-state index in [1.165, 1.54) is 0 Å². The topological polar surface area (TPSA) is 76.3 Å². The Morgan fingerprint density at radius 3 is 2.50 bits per heavy atom. The first-order valence-electron chi connectivity index (χ1n) is 6.18. The molecule has 2 rings (SSSR count). The van der Waals surface area contributed by atoms with Gasteiger partial charge in [0.25, 0.3) is 10.0 Å². The van der Waals surface area contributed by atoms with Crippen LogP contribution in [0.4, 0.5) is 5.13 Å². The molecule has 1 saturated heterocycles. The number of nitrogens with zero attached hydrogens (tertiary/aromatic N) is 2. The maximum Gasteiger partial charge on any atom is 0.254 e. The number of hydrogen-bond donors (Lipinski definition) is 1. The molecule has 1 aromatic rings. The number of thiazole rings is 1. The van der Waals surface area contributed by atoms with E-state index in [0.717, 1.165) is 30.6 Å². The first kappa shape index (κ1) is 13.8. The second kappa shape index (κ2) is 5.14. The SMILES string of the molecule is CCC1CCN(S(=O)(=O)c2sc(N)nc2C)CC1. The van der Waals surface area contributed by atoms with Crippen molar-refractivity contribution in [3.05, 3.63) is 5.69 Å². The van der Waals surface area contributed by atoms with Crippen LogP contribution in [0, 0.1) is 12.8 Å². The lowest BCUT2D eigenvalue weighted by atomic mass is 9.96. The van der Waals surface area contributed by atoms with E-state index in [9.17, 15) is 8.42 Å². The van der Waals surface area contributed by atoms with E-state index in [1.54, 1.807) is 11.2 Å². The van der Waals surface area contributed by atoms with Crippen LogP contribution in [0.3, 0.4) is 0 Å². The van der Waals surface area contributed by atoms with Crippen molar-refractivity contribution in [1.82, 2.24) is 9.29 Å². The molecule has 1 aliphatic heterocycles. The zero-order valence-corrected chi connectivity index (χ0v) is 12.4. The summed E-state index contributed by atoms with van der Waals surface area (Å²) in [6.07, 6.45) is 3.02. The van der Waals surface area contributed by atoms with Gasteiger partial charge in [0.05, 0.1) is 5.69 Å². The smallest absolute Gasteiger partial charge is 0.254 e. The quantitative estimate of drug-likeness (QED) is 0.921. The second-order valence-electron chi connectivity index (χ2n) is 4.68. The highest BCUT2D eigenvalue weighted by Gasteiger charge is 2.31. The summed E-state index contributed by atoms with van der Waals surface area (Å²) in [4.78, 5) is 3.99. The third-order valence-electron chi connectivity index (χ3n) is 3.50. The van der Waals surface area contributed by atoms with Gasteiger partial charge in [-0.05, 0) is 25.7 Å². The Balaban J connectivity index is 2.20. The van der Waals surface area contributed by atoms with Crippen molar-refractivity contribution in [2.75, 3.05) is 18.8 Å². The van der Waals surface area contributed by atoms with Crippen LogP contribution in [0.15, 0.2) is 4.21 Å². The number of aromatic nitrogens is 1. The van der Waals surface area contributed by atoms with E-state index in [-0.39, 0.29) is 0 Å². The Hall–Kier alpha value is -0.660. The van der Waals surface area contributed by atoms with E-state index >= 15 is 0 Å². The fourth-order valence-corrected chi connectivity index (χ4v) is 5.22. The molecule has 102 valence electrons. The summed E-state index contributed by atoms with van der Waals surface area (Å²) in [6, 6.07) is 0. The van der Waals surface area contributed by atoms with Crippen molar-refractivity contribution < 1.29 is 8.42 Å². The Bertz CT molecular complexity index is 516. The van der Waals surface area contributed by atoms with Gasteiger partial charge in [0.2, 0.25) is 0 Å². The van der Waals surface area contributed by atoms with Crippen molar-refractivity contribution in [3.8, 4) is 0 Å². The lowest BCUT2D eigenvalue weighted by Gasteiger charge is -2.30. The summed E-state index contributed by atoms with van der Waals surface area (Å²) in [5.74, 6) is 0.657. The molecule has 2 N–H and O–H groups in total. The molecule has 1 aliphatic rings. The Labute approximate surface area is 112 Å². The van der Waals surface area contributed by atoms with Crippen molar-refractivity contribution in [1.29, 1.82) is 0 Å². The monoisotopic (exact) mass is 289 g/mol. The highest BCUT2D eigenvalue weighted by Crippen LogP contribution is 2.31. The third kappa shape index (κ3) is 2.53. The largest absolute Gasteiger partial charge is 0.375 e. The molecule has 0 saturated carbocycles. The van der Waals surface area contributed by atoms with Crippen molar-refractivity contribution in [2.24, 2.45) is 5.92 Å². The molecule has 0 unspecified atom stereocenters. The number of rotatable bonds is 3. The van der Waals surface area contributed by atoms with Crippen molar-refractivity contribution in [2.45, 2.75) is 37.3 Å². The maximum absolute atomic E-state index is 12.5. The molecule has 0 atom stereocenters. The molecule has 2 heterocycles. The zero-order chi connectivity index (χ0) is 13.3. The van der Waals surface area contributed by atoms with Crippen LogP contribution in [-0.4, -0.2) is 30.8 Å². The highest BCUT2D eigenvalue weighted by molar-refractivity contribution is 7.91. The highest BCUT2D eigenvalue weighted by atomic mass is 32.2. The maximum atomic E-state index is 12.5. The van der Waals surface area contributed by atoms with Gasteiger partial charge in [0.15, 0.2) is 9.34 Å². The van der Waals surface area contributed by atoms with Gasteiger partial charge in [0, 0.05) is 13.1 Å². The molecule has 0 aromatic carbocycles. The summed E-state index contributed by atoms with van der Waals surface area (Å²) in [6.45, 7) is 5.07. The van der Waals surface area contributed by atoms with Crippen LogP contribution in [0.2, 0.25) is 0 Å². The van der Waals surface area contributed by atoms with Crippen LogP contribution < -0.4 is 5.73 Å². The standard InChI is InChI=1S/C11H19N3O2S2/c1-3-9-4-6-14(7-5-9)18(15,16)10-8(2)13-11(12)17-10/h9H,3-7H2,1-2H3,(H2,12,13). The molecule has 1 fully saturated rings. The number of anilines is 1. The molecule has 1 aromatic heterocycles. The Morgan fingerprint density at radius 1 is 1.44 bits per heavy atom. The van der Waals surface area contributed by atoms with Gasteiger partial charge in [-0.2, -0.15) is 4.31 Å². The van der Waals surface area contributed by atoms with Gasteiger partial charge < -0.3 is 5.73 Å². The third-order valence-corrected chi connectivity index (χ3v) is 6.97. The van der Waals surface area contributed by atoms with Crippen LogP contribution >= 0.6 is 11.3 Å². The van der Waals surface area contributed by atoms with E-state index in [2.05, 4.69) is 11.9 Å². The van der Waals surface area contributed by atoms with E-state index in [1.807, 2.05) is 0 Å². The minimum absolute atomic E-state index is 0.301. The summed E-state index contributed by atoms with van der Waals surface area (Å²) in [5, 5.41) is 0.314. The first-order chi connectivity index (χ1) is 8.45. The lowest BCUT2D eigenvalue weighted by Crippen LogP contribution is -2.38. The lowest BCUT2D eigenvalue weighted by molar-refractivity contribution is 0.269. The summed E-state index contributed by atoms with van der Waals surface area (Å²) in [5.41, 5.74) is 6.08. The minimum Gasteiger partial charge on any atom is -0.375 e. The van der Waals surface area contributed by atoms with Crippen LogP contribution in [-0.2, 0) is 10.0 Å². The molecule has 0 bridgehead atoms. The van der Waals surface area contributed by atoms with E-state index in [0.29, 0.717) is 34.0 Å². The molecule has 0 radical (unpaired) electrons. The zero-order valence-electron chi connectivity index (χ0n) is 10.7. The molecule has 7 heteroatoms. The minimum atomic E-state index is -3.39. The summed E-state index contributed by atoms with van der Waals surface area (Å²) < 4.78 is 26.8.